The highest BCUT2D eigenvalue weighted by atomic mass is 16.2. The van der Waals surface area contributed by atoms with Gasteiger partial charge in [-0.15, -0.1) is 0 Å². The maximum absolute atomic E-state index is 12.9. The fourth-order valence-electron chi connectivity index (χ4n) is 3.26. The molecule has 0 unspecified atom stereocenters. The molecule has 0 spiro atoms. The predicted molar refractivity (Wildman–Crippen MR) is 88.9 cm³/mol. The van der Waals surface area contributed by atoms with Gasteiger partial charge in [0, 0.05) is 19.1 Å². The average molecular weight is 306 g/mol. The molecule has 0 aliphatic carbocycles. The van der Waals surface area contributed by atoms with E-state index in [1.54, 1.807) is 6.20 Å². The van der Waals surface area contributed by atoms with Crippen molar-refractivity contribution in [3.8, 4) is 0 Å². The van der Waals surface area contributed by atoms with Crippen LogP contribution in [0.5, 0.6) is 0 Å². The standard InChI is InChI=1S/C17H30N4O/c1-6-15-14(10-19-21(15)17(3,4)5)16(22)20-9-7-8-13(11-20)12(2)18/h10,12-13H,6-9,11,18H2,1-5H3/t12-,13+/m1/s1. The lowest BCUT2D eigenvalue weighted by molar-refractivity contribution is 0.0659. The maximum Gasteiger partial charge on any atom is 0.257 e. The smallest absolute Gasteiger partial charge is 0.257 e. The Morgan fingerprint density at radius 3 is 2.73 bits per heavy atom. The molecule has 1 aromatic heterocycles. The van der Waals surface area contributed by atoms with Gasteiger partial charge in [0.25, 0.3) is 5.91 Å². The minimum absolute atomic E-state index is 0.109. The highest BCUT2D eigenvalue weighted by molar-refractivity contribution is 5.95. The molecule has 5 heteroatoms. The van der Waals surface area contributed by atoms with Gasteiger partial charge < -0.3 is 10.6 Å². The third kappa shape index (κ3) is 3.35. The van der Waals surface area contributed by atoms with Crippen LogP contribution in [0.2, 0.25) is 0 Å². The van der Waals surface area contributed by atoms with Crippen molar-refractivity contribution in [2.75, 3.05) is 13.1 Å². The van der Waals surface area contributed by atoms with Crippen LogP contribution in [-0.2, 0) is 12.0 Å². The molecule has 0 saturated carbocycles. The first-order chi connectivity index (χ1) is 10.3. The third-order valence-corrected chi connectivity index (χ3v) is 4.56. The SMILES string of the molecule is CCc1c(C(=O)N2CCC[C@H]([C@@H](C)N)C2)cnn1C(C)(C)C. The molecule has 0 radical (unpaired) electrons. The van der Waals surface area contributed by atoms with Crippen LogP contribution in [0.25, 0.3) is 0 Å². The van der Waals surface area contributed by atoms with Gasteiger partial charge in [0.1, 0.15) is 0 Å². The van der Waals surface area contributed by atoms with E-state index in [9.17, 15) is 4.79 Å². The largest absolute Gasteiger partial charge is 0.338 e. The van der Waals surface area contributed by atoms with Gasteiger partial charge in [0.15, 0.2) is 0 Å². The van der Waals surface area contributed by atoms with Gasteiger partial charge in [0.05, 0.1) is 23.0 Å². The summed E-state index contributed by atoms with van der Waals surface area (Å²) >= 11 is 0. The van der Waals surface area contributed by atoms with Crippen LogP contribution >= 0.6 is 0 Å². The second-order valence-electron chi connectivity index (χ2n) is 7.45. The number of likely N-dealkylation sites (tertiary alicyclic amines) is 1. The van der Waals surface area contributed by atoms with Crippen molar-refractivity contribution in [3.05, 3.63) is 17.5 Å². The summed E-state index contributed by atoms with van der Waals surface area (Å²) in [5, 5.41) is 4.47. The molecule has 2 N–H and O–H groups in total. The second kappa shape index (κ2) is 6.41. The van der Waals surface area contributed by atoms with Crippen molar-refractivity contribution in [3.63, 3.8) is 0 Å². The molecule has 2 rings (SSSR count). The van der Waals surface area contributed by atoms with Crippen LogP contribution in [0.15, 0.2) is 6.20 Å². The number of nitrogens with two attached hydrogens (primary N) is 1. The van der Waals surface area contributed by atoms with Crippen LogP contribution in [0, 0.1) is 5.92 Å². The lowest BCUT2D eigenvalue weighted by Gasteiger charge is -2.34. The van der Waals surface area contributed by atoms with Crippen LogP contribution in [0.3, 0.4) is 0 Å². The Morgan fingerprint density at radius 1 is 1.50 bits per heavy atom. The zero-order chi connectivity index (χ0) is 16.5. The normalized spacial score (nSPS) is 21.0. The molecule has 1 amide bonds. The van der Waals surface area contributed by atoms with Gasteiger partial charge in [0.2, 0.25) is 0 Å². The van der Waals surface area contributed by atoms with E-state index in [0.717, 1.165) is 43.6 Å². The molecule has 2 atom stereocenters. The first-order valence-corrected chi connectivity index (χ1v) is 8.38. The summed E-state index contributed by atoms with van der Waals surface area (Å²) < 4.78 is 1.98. The Bertz CT molecular complexity index is 527. The Morgan fingerprint density at radius 2 is 2.18 bits per heavy atom. The van der Waals surface area contributed by atoms with Crippen molar-refractivity contribution in [1.82, 2.24) is 14.7 Å². The zero-order valence-electron chi connectivity index (χ0n) is 14.6. The lowest BCUT2D eigenvalue weighted by atomic mass is 9.92. The minimum atomic E-state index is -0.111. The Labute approximate surface area is 133 Å². The summed E-state index contributed by atoms with van der Waals surface area (Å²) in [7, 11) is 0. The zero-order valence-corrected chi connectivity index (χ0v) is 14.6. The second-order valence-corrected chi connectivity index (χ2v) is 7.45. The van der Waals surface area contributed by atoms with E-state index in [1.807, 2.05) is 16.5 Å². The van der Waals surface area contributed by atoms with Gasteiger partial charge in [-0.1, -0.05) is 6.92 Å². The highest BCUT2D eigenvalue weighted by Gasteiger charge is 2.30. The number of carbonyl (C=O) groups excluding carboxylic acids is 1. The Kier molecular flexibility index (Phi) is 4.95. The molecule has 124 valence electrons. The molecule has 1 aliphatic heterocycles. The van der Waals surface area contributed by atoms with E-state index in [1.165, 1.54) is 0 Å². The first kappa shape index (κ1) is 17.0. The van der Waals surface area contributed by atoms with Crippen molar-refractivity contribution >= 4 is 5.91 Å². The van der Waals surface area contributed by atoms with Gasteiger partial charge in [-0.2, -0.15) is 5.10 Å². The van der Waals surface area contributed by atoms with Crippen LogP contribution in [0.4, 0.5) is 0 Å². The molecule has 0 bridgehead atoms. The summed E-state index contributed by atoms with van der Waals surface area (Å²) in [5.41, 5.74) is 7.70. The molecule has 1 saturated heterocycles. The van der Waals surface area contributed by atoms with Gasteiger partial charge in [-0.05, 0) is 52.9 Å². The Balaban J connectivity index is 2.24. The van der Waals surface area contributed by atoms with E-state index in [4.69, 9.17) is 5.73 Å². The fourth-order valence-corrected chi connectivity index (χ4v) is 3.26. The number of rotatable bonds is 3. The van der Waals surface area contributed by atoms with Crippen molar-refractivity contribution in [2.45, 2.75) is 65.5 Å². The molecule has 5 nitrogen and oxygen atoms in total. The third-order valence-electron chi connectivity index (χ3n) is 4.56. The maximum atomic E-state index is 12.9. The molecule has 1 aromatic rings. The van der Waals surface area contributed by atoms with E-state index in [2.05, 4.69) is 32.8 Å². The van der Waals surface area contributed by atoms with Crippen molar-refractivity contribution < 1.29 is 4.79 Å². The summed E-state index contributed by atoms with van der Waals surface area (Å²) in [4.78, 5) is 14.9. The fraction of sp³-hybridized carbons (Fsp3) is 0.765. The number of aromatic nitrogens is 2. The number of carbonyl (C=O) groups is 1. The van der Waals surface area contributed by atoms with E-state index >= 15 is 0 Å². The van der Waals surface area contributed by atoms with E-state index in [0.29, 0.717) is 5.92 Å². The van der Waals surface area contributed by atoms with Gasteiger partial charge >= 0.3 is 0 Å². The summed E-state index contributed by atoms with van der Waals surface area (Å²) in [6.45, 7) is 12.0. The number of piperidine rings is 1. The average Bonchev–Trinajstić information content (AvgIpc) is 2.90. The lowest BCUT2D eigenvalue weighted by Crippen LogP contribution is -2.45. The van der Waals surface area contributed by atoms with Gasteiger partial charge in [-0.3, -0.25) is 9.48 Å². The summed E-state index contributed by atoms with van der Waals surface area (Å²) in [6, 6.07) is 0.138. The number of hydrogen-bond donors (Lipinski definition) is 1. The quantitative estimate of drug-likeness (QED) is 0.932. The number of hydrogen-bond acceptors (Lipinski definition) is 3. The monoisotopic (exact) mass is 306 g/mol. The minimum Gasteiger partial charge on any atom is -0.338 e. The van der Waals surface area contributed by atoms with Crippen LogP contribution < -0.4 is 5.73 Å². The summed E-state index contributed by atoms with van der Waals surface area (Å²) in [6.07, 6.45) is 4.70. The van der Waals surface area contributed by atoms with E-state index in [-0.39, 0.29) is 17.5 Å². The number of amides is 1. The topological polar surface area (TPSA) is 64.2 Å². The molecule has 0 aromatic carbocycles. The van der Waals surface area contributed by atoms with Crippen molar-refractivity contribution in [2.24, 2.45) is 11.7 Å². The molecule has 2 heterocycles. The molecule has 1 aliphatic rings. The molecule has 22 heavy (non-hydrogen) atoms. The van der Waals surface area contributed by atoms with Crippen LogP contribution in [0.1, 0.15) is 63.5 Å². The molecule has 1 fully saturated rings. The summed E-state index contributed by atoms with van der Waals surface area (Å²) in [5.74, 6) is 0.512. The van der Waals surface area contributed by atoms with Crippen molar-refractivity contribution in [1.29, 1.82) is 0 Å². The molecular weight excluding hydrogens is 276 g/mol. The Hall–Kier alpha value is -1.36. The van der Waals surface area contributed by atoms with Crippen LogP contribution in [-0.4, -0.2) is 39.7 Å². The first-order valence-electron chi connectivity index (χ1n) is 8.38. The highest BCUT2D eigenvalue weighted by Crippen LogP contribution is 2.24. The number of nitrogens with zero attached hydrogens (tertiary/aromatic N) is 3. The predicted octanol–water partition coefficient (Wildman–Crippen LogP) is 2.40. The van der Waals surface area contributed by atoms with E-state index < -0.39 is 0 Å². The molecular formula is C17H30N4O. The van der Waals surface area contributed by atoms with Gasteiger partial charge in [-0.25, -0.2) is 0 Å².